The number of aromatic hydroxyl groups is 2. The van der Waals surface area contributed by atoms with Gasteiger partial charge in [0.1, 0.15) is 11.5 Å². The Hall–Kier alpha value is -3.73. The van der Waals surface area contributed by atoms with Crippen LogP contribution in [0.5, 0.6) is 23.0 Å². The lowest BCUT2D eigenvalue weighted by Gasteiger charge is -2.16. The van der Waals surface area contributed by atoms with Gasteiger partial charge >= 0.3 is 5.97 Å². The van der Waals surface area contributed by atoms with E-state index in [2.05, 4.69) is 0 Å². The van der Waals surface area contributed by atoms with Gasteiger partial charge in [-0.05, 0) is 46.2 Å². The van der Waals surface area contributed by atoms with Crippen LogP contribution in [-0.4, -0.2) is 23.3 Å². The molecule has 2 N–H and O–H groups in total. The molecule has 0 heterocycles. The highest BCUT2D eigenvalue weighted by Gasteiger charge is 2.17. The summed E-state index contributed by atoms with van der Waals surface area (Å²) in [5.74, 6) is 0.452. The Morgan fingerprint density at radius 1 is 0.857 bits per heavy atom. The maximum Gasteiger partial charge on any atom is 0.308 e. The van der Waals surface area contributed by atoms with Gasteiger partial charge in [-0.1, -0.05) is 36.4 Å². The summed E-state index contributed by atoms with van der Waals surface area (Å²) in [7, 11) is 1.48. The van der Waals surface area contributed by atoms with Gasteiger partial charge in [0.15, 0.2) is 11.5 Å². The minimum absolute atomic E-state index is 0.0447. The molecule has 5 heteroatoms. The average molecular weight is 374 g/mol. The smallest absolute Gasteiger partial charge is 0.308 e. The molecule has 0 saturated carbocycles. The van der Waals surface area contributed by atoms with Crippen LogP contribution in [0.1, 0.15) is 6.92 Å². The standard InChI is InChI=1S/C23H18O5/c1-13(24)28-15-9-7-14(8-10-15)22-16-5-3-4-6-17(16)23(26)19-11-20(25)21(27-2)12-18(19)22/h3-12,25-26H,1-2H3. The second-order valence-electron chi connectivity index (χ2n) is 6.46. The average Bonchev–Trinajstić information content (AvgIpc) is 2.69. The number of esters is 1. The van der Waals surface area contributed by atoms with Crippen LogP contribution < -0.4 is 9.47 Å². The number of benzene rings is 4. The highest BCUT2D eigenvalue weighted by atomic mass is 16.5. The van der Waals surface area contributed by atoms with Crippen molar-refractivity contribution >= 4 is 27.5 Å². The quantitative estimate of drug-likeness (QED) is 0.300. The molecule has 0 radical (unpaired) electrons. The molecule has 5 nitrogen and oxygen atoms in total. The zero-order valence-electron chi connectivity index (χ0n) is 15.4. The van der Waals surface area contributed by atoms with Crippen LogP contribution in [0.3, 0.4) is 0 Å². The van der Waals surface area contributed by atoms with Gasteiger partial charge in [-0.2, -0.15) is 0 Å². The van der Waals surface area contributed by atoms with Crippen molar-refractivity contribution in [3.8, 4) is 34.1 Å². The molecular weight excluding hydrogens is 356 g/mol. The van der Waals surface area contributed by atoms with Crippen LogP contribution in [0, 0.1) is 0 Å². The number of carbonyl (C=O) groups excluding carboxylic acids is 1. The predicted octanol–water partition coefficient (Wildman–Crippen LogP) is 5.01. The Morgan fingerprint density at radius 3 is 2.18 bits per heavy atom. The maximum absolute atomic E-state index is 11.2. The van der Waals surface area contributed by atoms with E-state index in [9.17, 15) is 15.0 Å². The van der Waals surface area contributed by atoms with E-state index < -0.39 is 0 Å². The van der Waals surface area contributed by atoms with Crippen molar-refractivity contribution in [3.05, 3.63) is 60.7 Å². The molecule has 0 aliphatic rings. The third-order valence-corrected chi connectivity index (χ3v) is 4.70. The van der Waals surface area contributed by atoms with E-state index in [1.807, 2.05) is 36.4 Å². The molecule has 4 aromatic carbocycles. The van der Waals surface area contributed by atoms with E-state index >= 15 is 0 Å². The number of ether oxygens (including phenoxy) is 2. The van der Waals surface area contributed by atoms with E-state index in [0.29, 0.717) is 22.3 Å². The van der Waals surface area contributed by atoms with E-state index in [-0.39, 0.29) is 17.5 Å². The van der Waals surface area contributed by atoms with E-state index in [1.54, 1.807) is 18.2 Å². The first-order valence-electron chi connectivity index (χ1n) is 8.73. The van der Waals surface area contributed by atoms with Gasteiger partial charge in [-0.3, -0.25) is 4.79 Å². The lowest BCUT2D eigenvalue weighted by molar-refractivity contribution is -0.131. The number of phenols is 2. The minimum atomic E-state index is -0.381. The van der Waals surface area contributed by atoms with Crippen molar-refractivity contribution in [2.75, 3.05) is 7.11 Å². The van der Waals surface area contributed by atoms with Crippen molar-refractivity contribution in [2.24, 2.45) is 0 Å². The van der Waals surface area contributed by atoms with Crippen LogP contribution in [-0.2, 0) is 4.79 Å². The maximum atomic E-state index is 11.2. The molecular formula is C23H18O5. The van der Waals surface area contributed by atoms with Crippen LogP contribution in [0.25, 0.3) is 32.7 Å². The van der Waals surface area contributed by atoms with Crippen molar-refractivity contribution < 1.29 is 24.5 Å². The summed E-state index contributed by atoms with van der Waals surface area (Å²) in [6.07, 6.45) is 0. The first kappa shape index (κ1) is 17.7. The van der Waals surface area contributed by atoms with Gasteiger partial charge in [0.05, 0.1) is 7.11 Å². The third kappa shape index (κ3) is 2.87. The number of carbonyl (C=O) groups is 1. The SMILES string of the molecule is COc1cc2c(-c3ccc(OC(C)=O)cc3)c3ccccc3c(O)c2cc1O. The molecule has 0 fully saturated rings. The van der Waals surface area contributed by atoms with Crippen LogP contribution >= 0.6 is 0 Å². The number of hydrogen-bond acceptors (Lipinski definition) is 5. The summed E-state index contributed by atoms with van der Waals surface area (Å²) in [6.45, 7) is 1.35. The van der Waals surface area contributed by atoms with E-state index in [4.69, 9.17) is 9.47 Å². The fraction of sp³-hybridized carbons (Fsp3) is 0.0870. The van der Waals surface area contributed by atoms with Gasteiger partial charge in [0.2, 0.25) is 0 Å². The van der Waals surface area contributed by atoms with Crippen LogP contribution in [0.4, 0.5) is 0 Å². The largest absolute Gasteiger partial charge is 0.507 e. The van der Waals surface area contributed by atoms with Crippen molar-refractivity contribution in [1.29, 1.82) is 0 Å². The molecule has 0 aliphatic heterocycles. The Labute approximate surface area is 161 Å². The molecule has 0 aliphatic carbocycles. The fourth-order valence-corrected chi connectivity index (χ4v) is 3.50. The highest BCUT2D eigenvalue weighted by molar-refractivity contribution is 6.17. The first-order valence-corrected chi connectivity index (χ1v) is 8.73. The lowest BCUT2D eigenvalue weighted by Crippen LogP contribution is -2.00. The lowest BCUT2D eigenvalue weighted by atomic mass is 9.91. The molecule has 0 spiro atoms. The van der Waals surface area contributed by atoms with E-state index in [0.717, 1.165) is 21.9 Å². The summed E-state index contributed by atoms with van der Waals surface area (Å²) < 4.78 is 10.4. The fourth-order valence-electron chi connectivity index (χ4n) is 3.50. The normalized spacial score (nSPS) is 10.9. The van der Waals surface area contributed by atoms with Crippen molar-refractivity contribution in [2.45, 2.75) is 6.92 Å². The molecule has 0 aromatic heterocycles. The Morgan fingerprint density at radius 2 is 1.54 bits per heavy atom. The van der Waals surface area contributed by atoms with Gasteiger partial charge in [-0.25, -0.2) is 0 Å². The zero-order valence-corrected chi connectivity index (χ0v) is 15.4. The number of rotatable bonds is 3. The summed E-state index contributed by atoms with van der Waals surface area (Å²) in [6, 6.07) is 17.9. The molecule has 0 saturated heterocycles. The molecule has 4 rings (SSSR count). The Balaban J connectivity index is 2.07. The Bertz CT molecular complexity index is 1210. The summed E-state index contributed by atoms with van der Waals surface area (Å²) in [5.41, 5.74) is 1.76. The zero-order chi connectivity index (χ0) is 19.8. The van der Waals surface area contributed by atoms with Crippen molar-refractivity contribution in [1.82, 2.24) is 0 Å². The van der Waals surface area contributed by atoms with Crippen molar-refractivity contribution in [3.63, 3.8) is 0 Å². The monoisotopic (exact) mass is 374 g/mol. The number of hydrogen-bond donors (Lipinski definition) is 2. The van der Waals surface area contributed by atoms with Crippen LogP contribution in [0.2, 0.25) is 0 Å². The molecule has 140 valence electrons. The second-order valence-corrected chi connectivity index (χ2v) is 6.46. The first-order chi connectivity index (χ1) is 13.5. The molecule has 0 atom stereocenters. The minimum Gasteiger partial charge on any atom is -0.507 e. The summed E-state index contributed by atoms with van der Waals surface area (Å²) >= 11 is 0. The molecule has 0 unspecified atom stereocenters. The molecule has 28 heavy (non-hydrogen) atoms. The molecule has 0 bridgehead atoms. The van der Waals surface area contributed by atoms with Gasteiger partial charge in [0.25, 0.3) is 0 Å². The number of methoxy groups -OCH3 is 1. The van der Waals surface area contributed by atoms with Crippen LogP contribution in [0.15, 0.2) is 60.7 Å². The highest BCUT2D eigenvalue weighted by Crippen LogP contribution is 2.46. The van der Waals surface area contributed by atoms with Gasteiger partial charge < -0.3 is 19.7 Å². The predicted molar refractivity (Wildman–Crippen MR) is 108 cm³/mol. The van der Waals surface area contributed by atoms with Gasteiger partial charge in [0, 0.05) is 17.7 Å². The summed E-state index contributed by atoms with van der Waals surface area (Å²) in [4.78, 5) is 11.2. The molecule has 0 amide bonds. The Kier molecular flexibility index (Phi) is 4.28. The molecule has 4 aromatic rings. The number of fused-ring (bicyclic) bond motifs is 2. The number of phenolic OH excluding ortho intramolecular Hbond substituents is 2. The van der Waals surface area contributed by atoms with Gasteiger partial charge in [-0.15, -0.1) is 0 Å². The van der Waals surface area contributed by atoms with E-state index in [1.165, 1.54) is 20.1 Å². The third-order valence-electron chi connectivity index (χ3n) is 4.70. The topological polar surface area (TPSA) is 76.0 Å². The second kappa shape index (κ2) is 6.78. The summed E-state index contributed by atoms with van der Waals surface area (Å²) in [5, 5.41) is 23.8.